The summed E-state index contributed by atoms with van der Waals surface area (Å²) < 4.78 is 13.9. The first kappa shape index (κ1) is 24.2. The minimum absolute atomic E-state index is 0. The summed E-state index contributed by atoms with van der Waals surface area (Å²) in [7, 11) is 0. The van der Waals surface area contributed by atoms with E-state index in [-0.39, 0.29) is 34.6 Å². The number of amides is 2. The maximum atomic E-state index is 13.9. The highest BCUT2D eigenvalue weighted by Gasteiger charge is 2.33. The average molecular weight is 505 g/mol. The van der Waals surface area contributed by atoms with Crippen LogP contribution in [-0.2, 0) is 11.2 Å². The summed E-state index contributed by atoms with van der Waals surface area (Å²) >= 11 is 0. The monoisotopic (exact) mass is 504 g/mol. The SMILES string of the molecule is Br.CCN(CC)CCNC(=O)c1c(C)[nH]c2c1CCC/C2=C1/C(=O)Nc2ccc(F)cc21. The summed E-state index contributed by atoms with van der Waals surface area (Å²) in [5, 5.41) is 5.88. The number of allylic oxidation sites excluding steroid dienone is 1. The predicted molar refractivity (Wildman–Crippen MR) is 131 cm³/mol. The van der Waals surface area contributed by atoms with Crippen LogP contribution in [0.5, 0.6) is 0 Å². The van der Waals surface area contributed by atoms with Gasteiger partial charge in [0.05, 0.1) is 11.1 Å². The maximum Gasteiger partial charge on any atom is 0.256 e. The lowest BCUT2D eigenvalue weighted by molar-refractivity contribution is -0.110. The van der Waals surface area contributed by atoms with Gasteiger partial charge < -0.3 is 20.5 Å². The normalized spacial score (nSPS) is 17.0. The molecule has 172 valence electrons. The molecule has 32 heavy (non-hydrogen) atoms. The van der Waals surface area contributed by atoms with E-state index in [1.54, 1.807) is 6.07 Å². The second-order valence-corrected chi connectivity index (χ2v) is 8.11. The molecule has 1 aromatic carbocycles. The number of carbonyl (C=O) groups excluding carboxylic acids is 2. The summed E-state index contributed by atoms with van der Waals surface area (Å²) in [6.07, 6.45) is 2.31. The van der Waals surface area contributed by atoms with Gasteiger partial charge in [-0.05, 0) is 68.6 Å². The average Bonchev–Trinajstić information content (AvgIpc) is 3.26. The minimum Gasteiger partial charge on any atom is -0.358 e. The zero-order chi connectivity index (χ0) is 22.1. The number of halogens is 2. The Hall–Kier alpha value is -2.45. The van der Waals surface area contributed by atoms with Gasteiger partial charge in [-0.1, -0.05) is 13.8 Å². The number of carbonyl (C=O) groups is 2. The Morgan fingerprint density at radius 2 is 1.97 bits per heavy atom. The van der Waals surface area contributed by atoms with Crippen LogP contribution in [0.15, 0.2) is 18.2 Å². The first-order valence-electron chi connectivity index (χ1n) is 11.0. The van der Waals surface area contributed by atoms with Crippen molar-refractivity contribution in [3.05, 3.63) is 52.1 Å². The fourth-order valence-corrected chi connectivity index (χ4v) is 4.70. The Kier molecular flexibility index (Phi) is 7.56. The summed E-state index contributed by atoms with van der Waals surface area (Å²) in [5.74, 6) is -0.683. The van der Waals surface area contributed by atoms with Crippen molar-refractivity contribution in [3.63, 3.8) is 0 Å². The van der Waals surface area contributed by atoms with Crippen LogP contribution in [0.4, 0.5) is 10.1 Å². The number of H-pyrrole nitrogens is 1. The van der Waals surface area contributed by atoms with Crippen LogP contribution in [0.3, 0.4) is 0 Å². The fraction of sp³-hybridized carbons (Fsp3) is 0.417. The van der Waals surface area contributed by atoms with Crippen LogP contribution in [0.1, 0.15) is 59.6 Å². The van der Waals surface area contributed by atoms with Gasteiger partial charge in [0.2, 0.25) is 0 Å². The van der Waals surface area contributed by atoms with Crippen LogP contribution in [0.25, 0.3) is 11.1 Å². The number of aromatic amines is 1. The van der Waals surface area contributed by atoms with Crippen molar-refractivity contribution in [1.82, 2.24) is 15.2 Å². The lowest BCUT2D eigenvalue weighted by Gasteiger charge is -2.19. The Bertz CT molecular complexity index is 1070. The van der Waals surface area contributed by atoms with E-state index in [0.29, 0.717) is 35.4 Å². The Balaban J connectivity index is 0.00000289. The Morgan fingerprint density at radius 3 is 2.69 bits per heavy atom. The number of aromatic nitrogens is 1. The Morgan fingerprint density at radius 1 is 1.22 bits per heavy atom. The highest BCUT2D eigenvalue weighted by Crippen LogP contribution is 2.43. The molecule has 0 unspecified atom stereocenters. The van der Waals surface area contributed by atoms with Crippen LogP contribution < -0.4 is 10.6 Å². The summed E-state index contributed by atoms with van der Waals surface area (Å²) in [4.78, 5) is 31.4. The third kappa shape index (κ3) is 4.38. The molecule has 6 nitrogen and oxygen atoms in total. The van der Waals surface area contributed by atoms with E-state index in [0.717, 1.165) is 55.0 Å². The molecule has 4 rings (SSSR count). The number of fused-ring (bicyclic) bond motifs is 2. The van der Waals surface area contributed by atoms with Gasteiger partial charge in [0.15, 0.2) is 0 Å². The van der Waals surface area contributed by atoms with E-state index in [9.17, 15) is 14.0 Å². The van der Waals surface area contributed by atoms with Crippen molar-refractivity contribution in [2.24, 2.45) is 0 Å². The minimum atomic E-state index is -0.375. The second-order valence-electron chi connectivity index (χ2n) is 8.11. The highest BCUT2D eigenvalue weighted by atomic mass is 79.9. The van der Waals surface area contributed by atoms with Gasteiger partial charge in [0, 0.05) is 35.7 Å². The molecule has 0 spiro atoms. The van der Waals surface area contributed by atoms with E-state index in [2.05, 4.69) is 34.4 Å². The van der Waals surface area contributed by atoms with Crippen LogP contribution in [0.2, 0.25) is 0 Å². The number of hydrogen-bond donors (Lipinski definition) is 3. The van der Waals surface area contributed by atoms with Crippen LogP contribution in [-0.4, -0.2) is 47.9 Å². The van der Waals surface area contributed by atoms with Gasteiger partial charge in [0.1, 0.15) is 5.82 Å². The van der Waals surface area contributed by atoms with Gasteiger partial charge >= 0.3 is 0 Å². The molecule has 1 aliphatic carbocycles. The van der Waals surface area contributed by atoms with Crippen LogP contribution >= 0.6 is 17.0 Å². The number of likely N-dealkylation sites (N-methyl/N-ethyl adjacent to an activating group) is 1. The molecular formula is C24H30BrFN4O2. The molecule has 0 bridgehead atoms. The van der Waals surface area contributed by atoms with E-state index < -0.39 is 0 Å². The molecule has 2 aromatic rings. The molecule has 0 saturated heterocycles. The topological polar surface area (TPSA) is 77.2 Å². The van der Waals surface area contributed by atoms with Crippen molar-refractivity contribution in [1.29, 1.82) is 0 Å². The number of benzene rings is 1. The lowest BCUT2D eigenvalue weighted by atomic mass is 9.86. The molecular weight excluding hydrogens is 475 g/mol. The summed E-state index contributed by atoms with van der Waals surface area (Å²) in [6.45, 7) is 9.40. The van der Waals surface area contributed by atoms with E-state index in [1.807, 2.05) is 6.92 Å². The lowest BCUT2D eigenvalue weighted by Crippen LogP contribution is -2.35. The number of rotatable bonds is 6. The maximum absolute atomic E-state index is 13.9. The van der Waals surface area contributed by atoms with Crippen LogP contribution in [0, 0.1) is 12.7 Å². The summed E-state index contributed by atoms with van der Waals surface area (Å²) in [6, 6.07) is 4.34. The first-order chi connectivity index (χ1) is 14.9. The third-order valence-corrected chi connectivity index (χ3v) is 6.31. The van der Waals surface area contributed by atoms with Crippen molar-refractivity contribution < 1.29 is 14.0 Å². The van der Waals surface area contributed by atoms with E-state index >= 15 is 0 Å². The standard InChI is InChI=1S/C24H29FN4O2.BrH/c1-4-29(5-2)12-11-26-23(30)20-14(3)27-22-16(20)7-6-8-17(22)21-18-13-15(25)9-10-19(18)28-24(21)31;/h9-10,13,27H,4-8,11-12H2,1-3H3,(H,26,30)(H,28,31);1H/b21-17-;. The van der Waals surface area contributed by atoms with Crippen molar-refractivity contribution in [3.8, 4) is 0 Å². The molecule has 0 fully saturated rings. The molecule has 0 radical (unpaired) electrons. The predicted octanol–water partition coefficient (Wildman–Crippen LogP) is 4.31. The van der Waals surface area contributed by atoms with Gasteiger partial charge in [-0.2, -0.15) is 0 Å². The number of anilines is 1. The molecule has 2 amide bonds. The molecule has 1 aromatic heterocycles. The van der Waals surface area contributed by atoms with Gasteiger partial charge in [0.25, 0.3) is 11.8 Å². The second kappa shape index (κ2) is 10.0. The molecule has 3 N–H and O–H groups in total. The summed E-state index contributed by atoms with van der Waals surface area (Å²) in [5.41, 5.74) is 5.82. The molecule has 2 aliphatic rings. The quantitative estimate of drug-likeness (QED) is 0.513. The van der Waals surface area contributed by atoms with E-state index in [1.165, 1.54) is 12.1 Å². The van der Waals surface area contributed by atoms with Gasteiger partial charge in [-0.15, -0.1) is 17.0 Å². The number of nitrogens with zero attached hydrogens (tertiary/aromatic N) is 1. The number of aryl methyl sites for hydroxylation is 1. The van der Waals surface area contributed by atoms with Gasteiger partial charge in [-0.3, -0.25) is 9.59 Å². The van der Waals surface area contributed by atoms with Gasteiger partial charge in [-0.25, -0.2) is 4.39 Å². The third-order valence-electron chi connectivity index (χ3n) is 6.31. The molecule has 8 heteroatoms. The molecule has 1 aliphatic heterocycles. The molecule has 2 heterocycles. The number of hydrogen-bond acceptors (Lipinski definition) is 3. The van der Waals surface area contributed by atoms with E-state index in [4.69, 9.17) is 0 Å². The number of nitrogens with one attached hydrogen (secondary N) is 3. The van der Waals surface area contributed by atoms with Crippen molar-refractivity contribution in [2.45, 2.75) is 40.0 Å². The zero-order valence-corrected chi connectivity index (χ0v) is 20.4. The molecule has 0 saturated carbocycles. The largest absolute Gasteiger partial charge is 0.358 e. The highest BCUT2D eigenvalue weighted by molar-refractivity contribution is 8.93. The smallest absolute Gasteiger partial charge is 0.256 e. The molecule has 0 atom stereocenters. The fourth-order valence-electron chi connectivity index (χ4n) is 4.70. The zero-order valence-electron chi connectivity index (χ0n) is 18.7. The van der Waals surface area contributed by atoms with Crippen molar-refractivity contribution in [2.75, 3.05) is 31.5 Å². The van der Waals surface area contributed by atoms with Crippen molar-refractivity contribution >= 4 is 45.6 Å². The Labute approximate surface area is 198 Å². The first-order valence-corrected chi connectivity index (χ1v) is 11.0.